The van der Waals surface area contributed by atoms with Gasteiger partial charge in [-0.3, -0.25) is 29.0 Å². The molecule has 0 radical (unpaired) electrons. The number of nitrogens with zero attached hydrogens (tertiary/aromatic N) is 2. The standard InChI is InChI=1S/C40H30N2O6S6/c1-4-5-6-15-41-32(43)23-11-7-19-21-9-13-25-31-26(14-10-22(29(21)31)20-8-12-24(33(41)44)30(23)28(19)20)35(46)42(34(25)45)16-17-48-36(47)27-18-51-39(52-27)40-53-37(49-2)38(50-3)54-40/h7-14,18H,4-6,15-17H2,1-3H3. The Balaban J connectivity index is 0.988. The molecule has 5 aromatic carbocycles. The first-order valence-electron chi connectivity index (χ1n) is 17.3. The minimum absolute atomic E-state index is 0.0815. The Morgan fingerprint density at radius 3 is 1.52 bits per heavy atom. The van der Waals surface area contributed by atoms with E-state index in [-0.39, 0.29) is 25.0 Å². The molecule has 0 spiro atoms. The summed E-state index contributed by atoms with van der Waals surface area (Å²) >= 11 is 9.78. The number of ether oxygens (including phenoxy) is 1. The summed E-state index contributed by atoms with van der Waals surface area (Å²) in [6.07, 6.45) is 6.81. The lowest BCUT2D eigenvalue weighted by Crippen LogP contribution is -2.42. The Morgan fingerprint density at radius 1 is 0.611 bits per heavy atom. The van der Waals surface area contributed by atoms with E-state index in [0.717, 1.165) is 65.0 Å². The Morgan fingerprint density at radius 2 is 1.07 bits per heavy atom. The number of unbranched alkanes of at least 4 members (excludes halogenated alkanes) is 2. The normalized spacial score (nSPS) is 17.2. The van der Waals surface area contributed by atoms with Gasteiger partial charge in [0.15, 0.2) is 0 Å². The second-order valence-corrected chi connectivity index (χ2v) is 19.6. The molecular formula is C40H30N2O6S6. The summed E-state index contributed by atoms with van der Waals surface area (Å²) in [6.45, 7) is 2.26. The SMILES string of the molecule is CCCCCN1C(=O)c2ccc3c4ccc5c6c(ccc(c7ccc(c2c37)C1=O)c64)C(=O)N(CCOC(=O)C1=CSC(=C2SC(SC)=C(SC)S2)S1)C5=O. The number of carbonyl (C=O) groups is 5. The average Bonchev–Trinajstić information content (AvgIpc) is 3.86. The molecule has 0 N–H and O–H groups in total. The van der Waals surface area contributed by atoms with Crippen LogP contribution in [0.3, 0.4) is 0 Å². The number of thioether (sulfide) groups is 6. The molecule has 272 valence electrons. The van der Waals surface area contributed by atoms with Gasteiger partial charge in [-0.2, -0.15) is 0 Å². The lowest BCUT2D eigenvalue weighted by Gasteiger charge is -2.30. The van der Waals surface area contributed by atoms with Gasteiger partial charge < -0.3 is 4.74 Å². The third kappa shape index (κ3) is 5.54. The Kier molecular flexibility index (Phi) is 9.50. The van der Waals surface area contributed by atoms with Gasteiger partial charge >= 0.3 is 5.97 Å². The van der Waals surface area contributed by atoms with E-state index in [0.29, 0.717) is 44.5 Å². The van der Waals surface area contributed by atoms with Gasteiger partial charge in [-0.1, -0.05) is 91.1 Å². The molecule has 0 aliphatic carbocycles. The monoisotopic (exact) mass is 826 g/mol. The molecule has 0 saturated carbocycles. The third-order valence-electron chi connectivity index (χ3n) is 10.1. The minimum atomic E-state index is -0.485. The molecule has 0 fully saturated rings. The van der Waals surface area contributed by atoms with Crippen LogP contribution in [0.4, 0.5) is 0 Å². The van der Waals surface area contributed by atoms with Crippen LogP contribution >= 0.6 is 70.6 Å². The van der Waals surface area contributed by atoms with Crippen molar-refractivity contribution >= 4 is 143 Å². The molecule has 0 bridgehead atoms. The molecular weight excluding hydrogens is 797 g/mol. The van der Waals surface area contributed by atoms with E-state index in [1.165, 1.54) is 36.9 Å². The summed E-state index contributed by atoms with van der Waals surface area (Å²) in [5.74, 6) is -1.94. The number of hydrogen-bond donors (Lipinski definition) is 0. The van der Waals surface area contributed by atoms with Gasteiger partial charge in [-0.15, -0.1) is 23.5 Å². The van der Waals surface area contributed by atoms with Gasteiger partial charge in [0.05, 0.1) is 23.5 Å². The van der Waals surface area contributed by atoms with Crippen LogP contribution in [0.1, 0.15) is 67.6 Å². The van der Waals surface area contributed by atoms with Crippen molar-refractivity contribution in [3.05, 3.63) is 98.0 Å². The fraction of sp³-hybridized carbons (Fsp3) is 0.225. The highest BCUT2D eigenvalue weighted by atomic mass is 32.3. The van der Waals surface area contributed by atoms with Crippen molar-refractivity contribution in [2.75, 3.05) is 32.2 Å². The number of fused-ring (bicyclic) bond motifs is 2. The summed E-state index contributed by atoms with van der Waals surface area (Å²) in [5, 5.41) is 8.03. The maximum Gasteiger partial charge on any atom is 0.345 e. The van der Waals surface area contributed by atoms with Crippen molar-refractivity contribution in [2.45, 2.75) is 26.2 Å². The number of esters is 1. The van der Waals surface area contributed by atoms with Gasteiger partial charge in [0, 0.05) is 39.6 Å². The fourth-order valence-corrected chi connectivity index (χ4v) is 15.1. The number of imide groups is 2. The van der Waals surface area contributed by atoms with Crippen LogP contribution in [-0.2, 0) is 9.53 Å². The summed E-state index contributed by atoms with van der Waals surface area (Å²) < 4.78 is 10.3. The first-order chi connectivity index (χ1) is 26.2. The second-order valence-electron chi connectivity index (χ2n) is 13.0. The highest BCUT2D eigenvalue weighted by Crippen LogP contribution is 2.62. The van der Waals surface area contributed by atoms with Crippen molar-refractivity contribution < 1.29 is 28.7 Å². The molecule has 0 saturated heterocycles. The van der Waals surface area contributed by atoms with Gasteiger partial charge in [-0.05, 0) is 80.9 Å². The van der Waals surface area contributed by atoms with Crippen LogP contribution in [0.25, 0.3) is 43.1 Å². The molecule has 4 heterocycles. The smallest absolute Gasteiger partial charge is 0.345 e. The molecule has 14 heteroatoms. The van der Waals surface area contributed by atoms with Crippen LogP contribution in [-0.4, -0.2) is 71.6 Å². The lowest BCUT2D eigenvalue weighted by atomic mass is 9.82. The number of carbonyl (C=O) groups excluding carboxylic acids is 5. The first kappa shape index (κ1) is 36.1. The van der Waals surface area contributed by atoms with Crippen molar-refractivity contribution in [1.82, 2.24) is 9.80 Å². The van der Waals surface area contributed by atoms with Crippen LogP contribution < -0.4 is 0 Å². The van der Waals surface area contributed by atoms with E-state index in [4.69, 9.17) is 4.74 Å². The van der Waals surface area contributed by atoms with Gasteiger partial charge in [-0.25, -0.2) is 4.79 Å². The van der Waals surface area contributed by atoms with E-state index in [2.05, 4.69) is 19.4 Å². The van der Waals surface area contributed by atoms with E-state index in [1.807, 2.05) is 24.3 Å². The molecule has 4 aliphatic heterocycles. The summed E-state index contributed by atoms with van der Waals surface area (Å²) in [6, 6.07) is 14.7. The van der Waals surface area contributed by atoms with E-state index in [9.17, 15) is 24.0 Å². The van der Waals surface area contributed by atoms with Crippen molar-refractivity contribution in [3.8, 4) is 0 Å². The molecule has 9 rings (SSSR count). The quantitative estimate of drug-likeness (QED) is 0.0440. The summed E-state index contributed by atoms with van der Waals surface area (Å²) in [7, 11) is 0. The minimum Gasteiger partial charge on any atom is -0.460 e. The molecule has 4 amide bonds. The Hall–Kier alpha value is -3.53. The predicted octanol–water partition coefficient (Wildman–Crippen LogP) is 10.4. The van der Waals surface area contributed by atoms with Crippen molar-refractivity contribution in [1.29, 1.82) is 0 Å². The van der Waals surface area contributed by atoms with Crippen LogP contribution in [0.2, 0.25) is 0 Å². The summed E-state index contributed by atoms with van der Waals surface area (Å²) in [4.78, 5) is 71.4. The molecule has 5 aromatic rings. The summed E-state index contributed by atoms with van der Waals surface area (Å²) in [5.41, 5.74) is 1.81. The predicted molar refractivity (Wildman–Crippen MR) is 228 cm³/mol. The zero-order valence-corrected chi connectivity index (χ0v) is 34.1. The topological polar surface area (TPSA) is 101 Å². The fourth-order valence-electron chi connectivity index (χ4n) is 7.64. The van der Waals surface area contributed by atoms with E-state index >= 15 is 0 Å². The number of amides is 4. The number of rotatable bonds is 10. The van der Waals surface area contributed by atoms with Crippen LogP contribution in [0.15, 0.2) is 75.8 Å². The molecule has 0 atom stereocenters. The maximum absolute atomic E-state index is 14.0. The van der Waals surface area contributed by atoms with Crippen molar-refractivity contribution in [3.63, 3.8) is 0 Å². The van der Waals surface area contributed by atoms with Gasteiger partial charge in [0.1, 0.15) is 11.5 Å². The van der Waals surface area contributed by atoms with Crippen LogP contribution in [0.5, 0.6) is 0 Å². The highest BCUT2D eigenvalue weighted by molar-refractivity contribution is 8.42. The molecule has 8 nitrogen and oxygen atoms in total. The molecule has 0 aromatic heterocycles. The maximum atomic E-state index is 14.0. The Bertz CT molecular complexity index is 2510. The largest absolute Gasteiger partial charge is 0.460 e. The second kappa shape index (κ2) is 14.2. The van der Waals surface area contributed by atoms with Gasteiger partial charge in [0.2, 0.25) is 0 Å². The molecule has 54 heavy (non-hydrogen) atoms. The number of benzene rings is 5. The molecule has 0 unspecified atom stereocenters. The molecule has 4 aliphatic rings. The highest BCUT2D eigenvalue weighted by Gasteiger charge is 2.37. The first-order valence-corrected chi connectivity index (χ1v) is 23.1. The average molecular weight is 827 g/mol. The van der Waals surface area contributed by atoms with E-state index < -0.39 is 17.8 Å². The zero-order chi connectivity index (χ0) is 37.4. The van der Waals surface area contributed by atoms with Gasteiger partial charge in [0.25, 0.3) is 23.6 Å². The lowest BCUT2D eigenvalue weighted by molar-refractivity contribution is -0.138. The number of hydrogen-bond acceptors (Lipinski definition) is 12. The van der Waals surface area contributed by atoms with Crippen LogP contribution in [0, 0.1) is 0 Å². The van der Waals surface area contributed by atoms with E-state index in [1.54, 1.807) is 76.7 Å². The van der Waals surface area contributed by atoms with Crippen molar-refractivity contribution in [2.24, 2.45) is 0 Å². The third-order valence-corrected chi connectivity index (χ3v) is 18.2. The Labute approximate surface area is 336 Å². The zero-order valence-electron chi connectivity index (χ0n) is 29.2.